The van der Waals surface area contributed by atoms with Crippen LogP contribution in [0, 0.1) is 0 Å². The predicted molar refractivity (Wildman–Crippen MR) is 105 cm³/mol. The van der Waals surface area contributed by atoms with Crippen molar-refractivity contribution in [2.45, 2.75) is 12.6 Å². The number of quaternary nitrogens is 2. The Kier molecular flexibility index (Phi) is 6.22. The largest absolute Gasteiger partial charge is 0.491 e. The number of piperazine rings is 1. The van der Waals surface area contributed by atoms with Gasteiger partial charge >= 0.3 is 0 Å². The number of ether oxygens (including phenoxy) is 3. The molecule has 7 heteroatoms. The summed E-state index contributed by atoms with van der Waals surface area (Å²) in [5.74, 6) is 2.42. The first kappa shape index (κ1) is 19.3. The van der Waals surface area contributed by atoms with E-state index in [9.17, 15) is 5.11 Å². The van der Waals surface area contributed by atoms with E-state index in [0.717, 1.165) is 50.0 Å². The summed E-state index contributed by atoms with van der Waals surface area (Å²) in [6.07, 6.45) is -0.471. The fourth-order valence-corrected chi connectivity index (χ4v) is 3.92. The third-order valence-electron chi connectivity index (χ3n) is 5.34. The maximum atomic E-state index is 10.3. The van der Waals surface area contributed by atoms with E-state index < -0.39 is 6.10 Å². The van der Waals surface area contributed by atoms with E-state index in [1.165, 1.54) is 10.5 Å². The second-order valence-electron chi connectivity index (χ2n) is 7.49. The maximum Gasteiger partial charge on any atom is 0.231 e. The fraction of sp³-hybridized carbons (Fsp3) is 0.429. The maximum absolute atomic E-state index is 10.3. The van der Waals surface area contributed by atoms with Crippen molar-refractivity contribution in [3.8, 4) is 17.2 Å². The van der Waals surface area contributed by atoms with Gasteiger partial charge in [-0.15, -0.1) is 0 Å². The van der Waals surface area contributed by atoms with Crippen LogP contribution in [0.1, 0.15) is 5.56 Å². The molecule has 1 fully saturated rings. The molecule has 150 valence electrons. The quantitative estimate of drug-likeness (QED) is 0.595. The van der Waals surface area contributed by atoms with Crippen molar-refractivity contribution in [1.82, 2.24) is 0 Å². The van der Waals surface area contributed by atoms with Gasteiger partial charge < -0.3 is 29.1 Å². The summed E-state index contributed by atoms with van der Waals surface area (Å²) >= 11 is 5.87. The standard InChI is InChI=1S/C21H25ClN2O4/c22-17-2-4-19(5-3-17)26-14-18(25)13-24-9-7-23(8-10-24)12-16-1-6-20-21(11-16)28-15-27-20/h1-6,11,18,25H,7-10,12-15H2/p+2/t18-/m0/s1. The van der Waals surface area contributed by atoms with Crippen LogP contribution in [0.25, 0.3) is 0 Å². The summed E-state index contributed by atoms with van der Waals surface area (Å²) in [4.78, 5) is 3.00. The number of aliphatic hydroxyl groups excluding tert-OH is 1. The molecule has 0 unspecified atom stereocenters. The van der Waals surface area contributed by atoms with Crippen molar-refractivity contribution >= 4 is 11.6 Å². The molecular formula is C21H27ClN2O4+2. The van der Waals surface area contributed by atoms with Gasteiger partial charge in [-0.1, -0.05) is 11.6 Å². The van der Waals surface area contributed by atoms with E-state index in [-0.39, 0.29) is 0 Å². The zero-order valence-electron chi connectivity index (χ0n) is 15.8. The first-order chi connectivity index (χ1) is 13.7. The number of nitrogens with one attached hydrogen (secondary N) is 2. The molecule has 0 amide bonds. The number of hydrogen-bond donors (Lipinski definition) is 3. The van der Waals surface area contributed by atoms with Crippen LogP contribution >= 0.6 is 11.6 Å². The Morgan fingerprint density at radius 3 is 2.46 bits per heavy atom. The molecule has 1 atom stereocenters. The Labute approximate surface area is 170 Å². The van der Waals surface area contributed by atoms with Crippen LogP contribution in [0.5, 0.6) is 17.2 Å². The number of fused-ring (bicyclic) bond motifs is 1. The molecule has 2 aliphatic heterocycles. The van der Waals surface area contributed by atoms with Gasteiger partial charge in [0, 0.05) is 10.6 Å². The van der Waals surface area contributed by atoms with Gasteiger partial charge in [0.15, 0.2) is 11.5 Å². The first-order valence-electron chi connectivity index (χ1n) is 9.78. The summed E-state index contributed by atoms with van der Waals surface area (Å²) in [5.41, 5.74) is 1.28. The van der Waals surface area contributed by atoms with Gasteiger partial charge in [0.1, 0.15) is 57.7 Å². The zero-order valence-corrected chi connectivity index (χ0v) is 16.6. The van der Waals surface area contributed by atoms with E-state index in [2.05, 4.69) is 12.1 Å². The van der Waals surface area contributed by atoms with Gasteiger partial charge in [-0.2, -0.15) is 0 Å². The first-order valence-corrected chi connectivity index (χ1v) is 10.2. The minimum Gasteiger partial charge on any atom is -0.491 e. The lowest BCUT2D eigenvalue weighted by Crippen LogP contribution is -3.28. The molecule has 4 rings (SSSR count). The van der Waals surface area contributed by atoms with Crippen molar-refractivity contribution < 1.29 is 29.1 Å². The van der Waals surface area contributed by atoms with Crippen molar-refractivity contribution in [2.75, 3.05) is 46.1 Å². The Balaban J connectivity index is 1.18. The molecule has 1 saturated heterocycles. The highest BCUT2D eigenvalue weighted by molar-refractivity contribution is 6.30. The number of halogens is 1. The third-order valence-corrected chi connectivity index (χ3v) is 5.59. The Bertz CT molecular complexity index is 778. The molecule has 0 bridgehead atoms. The number of hydrogen-bond acceptors (Lipinski definition) is 4. The molecule has 0 aliphatic carbocycles. The summed E-state index contributed by atoms with van der Waals surface area (Å²) in [6.45, 7) is 6.62. The van der Waals surface area contributed by atoms with Crippen LogP contribution in [0.4, 0.5) is 0 Å². The van der Waals surface area contributed by atoms with E-state index in [4.69, 9.17) is 25.8 Å². The monoisotopic (exact) mass is 406 g/mol. The van der Waals surface area contributed by atoms with E-state index in [1.54, 1.807) is 17.0 Å². The summed E-state index contributed by atoms with van der Waals surface area (Å²) in [5, 5.41) is 11.0. The SMILES string of the molecule is O[C@H](COc1ccc(Cl)cc1)C[NH+]1CC[NH+](Cc2ccc3c(c2)OCO3)CC1. The number of aliphatic hydroxyl groups is 1. The molecule has 6 nitrogen and oxygen atoms in total. The average molecular weight is 407 g/mol. The Morgan fingerprint density at radius 2 is 1.68 bits per heavy atom. The molecule has 0 aromatic heterocycles. The second kappa shape index (κ2) is 9.01. The zero-order chi connectivity index (χ0) is 19.3. The predicted octanol–water partition coefficient (Wildman–Crippen LogP) is -0.208. The number of benzene rings is 2. The second-order valence-corrected chi connectivity index (χ2v) is 7.92. The normalized spacial score (nSPS) is 22.1. The van der Waals surface area contributed by atoms with Gasteiger partial charge in [0.2, 0.25) is 6.79 Å². The van der Waals surface area contributed by atoms with Gasteiger partial charge in [-0.05, 0) is 42.5 Å². The molecular weight excluding hydrogens is 380 g/mol. The Morgan fingerprint density at radius 1 is 0.964 bits per heavy atom. The molecule has 2 heterocycles. The van der Waals surface area contributed by atoms with Gasteiger partial charge in [-0.25, -0.2) is 0 Å². The van der Waals surface area contributed by atoms with Crippen LogP contribution in [-0.4, -0.2) is 57.3 Å². The topological polar surface area (TPSA) is 56.8 Å². The lowest BCUT2D eigenvalue weighted by atomic mass is 10.1. The fourth-order valence-electron chi connectivity index (χ4n) is 3.79. The molecule has 2 aromatic rings. The highest BCUT2D eigenvalue weighted by atomic mass is 35.5. The van der Waals surface area contributed by atoms with Crippen LogP contribution < -0.4 is 24.0 Å². The molecule has 0 radical (unpaired) electrons. The van der Waals surface area contributed by atoms with Crippen LogP contribution in [-0.2, 0) is 6.54 Å². The van der Waals surface area contributed by atoms with Crippen LogP contribution in [0.2, 0.25) is 5.02 Å². The molecule has 0 spiro atoms. The smallest absolute Gasteiger partial charge is 0.231 e. The highest BCUT2D eigenvalue weighted by Gasteiger charge is 2.25. The highest BCUT2D eigenvalue weighted by Crippen LogP contribution is 2.32. The molecule has 2 aromatic carbocycles. The van der Waals surface area contributed by atoms with Crippen molar-refractivity contribution in [1.29, 1.82) is 0 Å². The minimum atomic E-state index is -0.471. The van der Waals surface area contributed by atoms with Crippen molar-refractivity contribution in [3.63, 3.8) is 0 Å². The average Bonchev–Trinajstić information content (AvgIpc) is 3.17. The minimum absolute atomic E-state index is 0.304. The van der Waals surface area contributed by atoms with Crippen LogP contribution in [0.3, 0.4) is 0 Å². The van der Waals surface area contributed by atoms with E-state index in [0.29, 0.717) is 25.0 Å². The van der Waals surface area contributed by atoms with Gasteiger partial charge in [0.25, 0.3) is 0 Å². The van der Waals surface area contributed by atoms with Gasteiger partial charge in [0.05, 0.1) is 0 Å². The molecule has 2 aliphatic rings. The Hall–Kier alpha value is -1.99. The molecule has 0 saturated carbocycles. The summed E-state index contributed by atoms with van der Waals surface area (Å²) < 4.78 is 16.5. The third kappa shape index (κ3) is 5.08. The molecule has 28 heavy (non-hydrogen) atoms. The van der Waals surface area contributed by atoms with E-state index >= 15 is 0 Å². The summed E-state index contributed by atoms with van der Waals surface area (Å²) in [7, 11) is 0. The summed E-state index contributed by atoms with van der Waals surface area (Å²) in [6, 6.07) is 13.4. The lowest BCUT2D eigenvalue weighted by molar-refractivity contribution is -1.02. The van der Waals surface area contributed by atoms with E-state index in [1.807, 2.05) is 18.2 Å². The molecule has 3 N–H and O–H groups in total. The number of rotatable bonds is 7. The lowest BCUT2D eigenvalue weighted by Gasteiger charge is -2.30. The van der Waals surface area contributed by atoms with Crippen LogP contribution in [0.15, 0.2) is 42.5 Å². The van der Waals surface area contributed by atoms with Gasteiger partial charge in [-0.3, -0.25) is 0 Å². The van der Waals surface area contributed by atoms with Crippen molar-refractivity contribution in [3.05, 3.63) is 53.1 Å². The van der Waals surface area contributed by atoms with Crippen molar-refractivity contribution in [2.24, 2.45) is 0 Å².